The molecule has 4 aromatic carbocycles. The van der Waals surface area contributed by atoms with Crippen LogP contribution in [0.4, 0.5) is 11.4 Å². The van der Waals surface area contributed by atoms with E-state index in [0.717, 1.165) is 139 Å². The zero-order valence-electron chi connectivity index (χ0n) is 38.3. The van der Waals surface area contributed by atoms with Gasteiger partial charge in [0.25, 0.3) is 0 Å². The number of carbonyl (C=O) groups excluding carboxylic acids is 2. The van der Waals surface area contributed by atoms with Gasteiger partial charge in [-0.1, -0.05) is 83.9 Å². The summed E-state index contributed by atoms with van der Waals surface area (Å²) in [5, 5.41) is 1.48. The number of para-hydroxylation sites is 2. The van der Waals surface area contributed by atoms with Crippen molar-refractivity contribution in [2.75, 3.05) is 143 Å². The Bertz CT molecular complexity index is 2100. The van der Waals surface area contributed by atoms with Gasteiger partial charge in [-0.15, -0.1) is 0 Å². The Morgan fingerprint density at radius 2 is 0.797 bits per heavy atom. The summed E-state index contributed by atoms with van der Waals surface area (Å²) in [5.74, 6) is 1.06. The number of amides is 2. The summed E-state index contributed by atoms with van der Waals surface area (Å²) < 4.78 is 0. The van der Waals surface area contributed by atoms with E-state index >= 15 is 0 Å². The number of halogens is 2. The molecule has 64 heavy (non-hydrogen) atoms. The van der Waals surface area contributed by atoms with Crippen LogP contribution in [0.5, 0.6) is 0 Å². The van der Waals surface area contributed by atoms with Crippen LogP contribution >= 0.6 is 23.2 Å². The fourth-order valence-electron chi connectivity index (χ4n) is 11.0. The third kappa shape index (κ3) is 9.14. The Balaban J connectivity index is 0.000000162. The number of benzene rings is 4. The molecule has 340 valence electrons. The predicted octanol–water partition coefficient (Wildman–Crippen LogP) is 6.58. The van der Waals surface area contributed by atoms with Crippen molar-refractivity contribution in [2.24, 2.45) is 0 Å². The summed E-state index contributed by atoms with van der Waals surface area (Å²) in [4.78, 5) is 46.2. The fraction of sp³-hybridized carbons (Fsp3) is 0.500. The molecule has 4 aliphatic heterocycles. The maximum absolute atomic E-state index is 13.7. The Morgan fingerprint density at radius 1 is 0.469 bits per heavy atom. The van der Waals surface area contributed by atoms with Crippen LogP contribution < -0.4 is 9.80 Å². The van der Waals surface area contributed by atoms with Crippen molar-refractivity contribution >= 4 is 46.4 Å². The highest BCUT2D eigenvalue weighted by Gasteiger charge is 2.68. The molecule has 0 N–H and O–H groups in total. The largest absolute Gasteiger partial charge is 0.310 e. The van der Waals surface area contributed by atoms with Crippen LogP contribution in [0, 0.1) is 0 Å². The van der Waals surface area contributed by atoms with Gasteiger partial charge in [0.1, 0.15) is 0 Å². The Morgan fingerprint density at radius 3 is 1.14 bits per heavy atom. The summed E-state index contributed by atoms with van der Waals surface area (Å²) in [5.41, 5.74) is 6.31. The molecule has 4 heterocycles. The quantitative estimate of drug-likeness (QED) is 0.141. The molecule has 0 unspecified atom stereocenters. The number of nitrogens with zero attached hydrogens (tertiary/aromatic N) is 8. The standard InChI is InChI=1S/2C26H33ClN4O/c2*1-28(2)11-12-29-13-15-30(16-14-29)17-18-31-24-6-4-3-5-22(24)26(25(31)32)19-23(26)20-7-9-21(27)10-8-20/h2*3-10,23H,11-19H2,1-2H3/t2*23-,26-/m10/s1. The molecule has 2 saturated heterocycles. The van der Waals surface area contributed by atoms with Crippen LogP contribution in [0.1, 0.15) is 46.9 Å². The lowest BCUT2D eigenvalue weighted by atomic mass is 9.92. The predicted molar refractivity (Wildman–Crippen MR) is 261 cm³/mol. The molecule has 2 saturated carbocycles. The lowest BCUT2D eigenvalue weighted by Gasteiger charge is -2.36. The number of likely N-dealkylation sites (N-methyl/N-ethyl adjacent to an activating group) is 2. The van der Waals surface area contributed by atoms with E-state index in [1.165, 1.54) is 22.3 Å². The first-order chi connectivity index (χ1) is 31.0. The van der Waals surface area contributed by atoms with Crippen molar-refractivity contribution in [1.82, 2.24) is 29.4 Å². The molecule has 2 amide bonds. The molecule has 4 aromatic rings. The first-order valence-corrected chi connectivity index (χ1v) is 24.3. The number of hydrogen-bond donors (Lipinski definition) is 0. The average molecular weight is 906 g/mol. The van der Waals surface area contributed by atoms with Gasteiger partial charge >= 0.3 is 0 Å². The van der Waals surface area contributed by atoms with Crippen molar-refractivity contribution in [3.63, 3.8) is 0 Å². The molecule has 0 bridgehead atoms. The van der Waals surface area contributed by atoms with E-state index in [4.69, 9.17) is 23.2 Å². The lowest BCUT2D eigenvalue weighted by Crippen LogP contribution is -2.50. The van der Waals surface area contributed by atoms with Gasteiger partial charge < -0.3 is 19.6 Å². The van der Waals surface area contributed by atoms with Crippen molar-refractivity contribution in [3.05, 3.63) is 129 Å². The molecule has 12 heteroatoms. The third-order valence-electron chi connectivity index (χ3n) is 15.0. The van der Waals surface area contributed by atoms with E-state index in [9.17, 15) is 9.59 Å². The van der Waals surface area contributed by atoms with Crippen molar-refractivity contribution in [2.45, 2.75) is 35.5 Å². The summed E-state index contributed by atoms with van der Waals surface area (Å²) >= 11 is 12.2. The van der Waals surface area contributed by atoms with Gasteiger partial charge in [-0.2, -0.15) is 0 Å². The van der Waals surface area contributed by atoms with Crippen LogP contribution in [0.3, 0.4) is 0 Å². The Hall–Kier alpha value is -3.84. The summed E-state index contributed by atoms with van der Waals surface area (Å²) in [7, 11) is 8.52. The van der Waals surface area contributed by atoms with Gasteiger partial charge in [0.2, 0.25) is 11.8 Å². The van der Waals surface area contributed by atoms with Crippen LogP contribution in [-0.2, 0) is 20.4 Å². The lowest BCUT2D eigenvalue weighted by molar-refractivity contribution is -0.121. The maximum Gasteiger partial charge on any atom is 0.238 e. The molecule has 4 atom stereocenters. The number of carbonyl (C=O) groups is 2. The normalized spacial score (nSPS) is 25.7. The minimum atomic E-state index is -0.380. The maximum atomic E-state index is 13.7. The molecular weight excluding hydrogens is 840 g/mol. The van der Waals surface area contributed by atoms with Gasteiger partial charge in [-0.3, -0.25) is 29.2 Å². The Kier molecular flexibility index (Phi) is 13.6. The van der Waals surface area contributed by atoms with E-state index in [1.807, 2.05) is 24.3 Å². The van der Waals surface area contributed by atoms with Crippen LogP contribution in [0.15, 0.2) is 97.1 Å². The first-order valence-electron chi connectivity index (χ1n) is 23.5. The molecular formula is C52H66Cl2N8O2. The van der Waals surface area contributed by atoms with Crippen molar-refractivity contribution in [3.8, 4) is 0 Å². The smallest absolute Gasteiger partial charge is 0.238 e. The summed E-state index contributed by atoms with van der Waals surface area (Å²) in [6.45, 7) is 16.6. The number of hydrogen-bond acceptors (Lipinski definition) is 8. The van der Waals surface area contributed by atoms with Crippen molar-refractivity contribution in [1.29, 1.82) is 0 Å². The van der Waals surface area contributed by atoms with Gasteiger partial charge in [0.15, 0.2) is 0 Å². The fourth-order valence-corrected chi connectivity index (χ4v) is 11.2. The molecule has 10 rings (SSSR count). The molecule has 0 aromatic heterocycles. The first kappa shape index (κ1) is 45.3. The SMILES string of the molecule is CN(C)CCN1CCN(CCN2C(=O)[C@@]3(C[C@H]3c3ccc(Cl)cc3)c3ccccc32)CC1.CN(C)CCN1CCN(CCN2C(=O)[C@]3(C[C@@H]3c3ccc(Cl)cc3)c3ccccc32)CC1. The third-order valence-corrected chi connectivity index (χ3v) is 15.5. The highest BCUT2D eigenvalue weighted by molar-refractivity contribution is 6.30. The van der Waals surface area contributed by atoms with E-state index in [2.05, 4.69) is 140 Å². The molecule has 2 spiro atoms. The molecule has 10 nitrogen and oxygen atoms in total. The minimum Gasteiger partial charge on any atom is -0.310 e. The molecule has 6 aliphatic rings. The van der Waals surface area contributed by atoms with Gasteiger partial charge in [-0.05, 0) is 99.7 Å². The van der Waals surface area contributed by atoms with E-state index in [-0.39, 0.29) is 34.5 Å². The van der Waals surface area contributed by atoms with Crippen LogP contribution in [0.2, 0.25) is 10.0 Å². The van der Waals surface area contributed by atoms with Gasteiger partial charge in [-0.25, -0.2) is 0 Å². The second-order valence-electron chi connectivity index (χ2n) is 19.5. The summed E-state index contributed by atoms with van der Waals surface area (Å²) in [6, 6.07) is 32.9. The Labute approximate surface area is 391 Å². The van der Waals surface area contributed by atoms with E-state index < -0.39 is 0 Å². The number of anilines is 2. The highest BCUT2D eigenvalue weighted by atomic mass is 35.5. The number of piperazine rings is 2. The minimum absolute atomic E-state index is 0.249. The number of rotatable bonds is 14. The van der Waals surface area contributed by atoms with Crippen molar-refractivity contribution < 1.29 is 9.59 Å². The average Bonchev–Trinajstić information content (AvgIpc) is 4.21. The van der Waals surface area contributed by atoms with E-state index in [1.54, 1.807) is 0 Å². The highest BCUT2D eigenvalue weighted by Crippen LogP contribution is 2.67. The molecule has 4 fully saturated rings. The monoisotopic (exact) mass is 904 g/mol. The second kappa shape index (κ2) is 19.2. The topological polar surface area (TPSA) is 60.1 Å². The van der Waals surface area contributed by atoms with Crippen LogP contribution in [0.25, 0.3) is 0 Å². The zero-order valence-corrected chi connectivity index (χ0v) is 39.8. The number of fused-ring (bicyclic) bond motifs is 4. The second-order valence-corrected chi connectivity index (χ2v) is 20.4. The van der Waals surface area contributed by atoms with Gasteiger partial charge in [0, 0.05) is 138 Å². The van der Waals surface area contributed by atoms with E-state index in [0.29, 0.717) is 0 Å². The molecule has 0 radical (unpaired) electrons. The van der Waals surface area contributed by atoms with Crippen LogP contribution in [-0.4, -0.2) is 174 Å². The molecule has 2 aliphatic carbocycles. The summed E-state index contributed by atoms with van der Waals surface area (Å²) in [6.07, 6.45) is 1.79. The van der Waals surface area contributed by atoms with Gasteiger partial charge in [0.05, 0.1) is 10.8 Å². The zero-order chi connectivity index (χ0) is 44.6.